The number of pyridine rings is 2. The van der Waals surface area contributed by atoms with Crippen LogP contribution in [-0.2, 0) is 0 Å². The number of hydrogen-bond donors (Lipinski definition) is 0. The Morgan fingerprint density at radius 1 is 0.625 bits per heavy atom. The van der Waals surface area contributed by atoms with Crippen molar-refractivity contribution in [2.75, 3.05) is 0 Å². The molecule has 0 aliphatic heterocycles. The third-order valence-electron chi connectivity index (χ3n) is 5.90. The van der Waals surface area contributed by atoms with E-state index in [1.54, 1.807) is 0 Å². The average Bonchev–Trinajstić information content (AvgIpc) is 3.18. The lowest BCUT2D eigenvalue weighted by atomic mass is 10.0. The van der Waals surface area contributed by atoms with Gasteiger partial charge < -0.3 is 0 Å². The molecule has 152 valence electrons. The summed E-state index contributed by atoms with van der Waals surface area (Å²) in [6, 6.07) is 35.8. The van der Waals surface area contributed by atoms with Crippen LogP contribution in [0.5, 0.6) is 0 Å². The molecule has 0 bridgehead atoms. The molecular formula is C29H21N3. The summed E-state index contributed by atoms with van der Waals surface area (Å²) in [6.45, 7) is 2.13. The Morgan fingerprint density at radius 3 is 2.16 bits per heavy atom. The number of nitrogens with zero attached hydrogens (tertiary/aromatic N) is 3. The first-order valence-electron chi connectivity index (χ1n) is 10.8. The van der Waals surface area contributed by atoms with Crippen LogP contribution in [0, 0.1) is 6.92 Å². The van der Waals surface area contributed by atoms with Crippen molar-refractivity contribution in [2.45, 2.75) is 6.92 Å². The standard InChI is InChI=1S/C29H21N3/c1-20-14-15-27-25(17-20)24-13-8-16-30-29(24)32(27)28-19-23(21-9-4-2-5-10-21)18-26(31-28)22-11-6-3-7-12-22/h2-19H,1H3. The van der Waals surface area contributed by atoms with Crippen LogP contribution in [0.1, 0.15) is 5.56 Å². The molecule has 0 aliphatic rings. The molecule has 0 radical (unpaired) electrons. The normalized spacial score (nSPS) is 11.3. The summed E-state index contributed by atoms with van der Waals surface area (Å²) in [5.74, 6) is 0.868. The second-order valence-corrected chi connectivity index (χ2v) is 8.06. The zero-order chi connectivity index (χ0) is 21.5. The van der Waals surface area contributed by atoms with E-state index in [1.807, 2.05) is 24.4 Å². The van der Waals surface area contributed by atoms with Crippen molar-refractivity contribution in [1.82, 2.24) is 14.5 Å². The molecule has 0 unspecified atom stereocenters. The highest BCUT2D eigenvalue weighted by molar-refractivity contribution is 6.08. The molecule has 3 heterocycles. The van der Waals surface area contributed by atoms with E-state index in [4.69, 9.17) is 9.97 Å². The Labute approximate surface area is 186 Å². The molecule has 0 saturated heterocycles. The van der Waals surface area contributed by atoms with Gasteiger partial charge in [-0.15, -0.1) is 0 Å². The van der Waals surface area contributed by atoms with Gasteiger partial charge in [-0.25, -0.2) is 9.97 Å². The lowest BCUT2D eigenvalue weighted by Crippen LogP contribution is -2.01. The largest absolute Gasteiger partial charge is 0.278 e. The van der Waals surface area contributed by atoms with E-state index in [0.717, 1.165) is 44.8 Å². The van der Waals surface area contributed by atoms with Gasteiger partial charge in [0.15, 0.2) is 0 Å². The van der Waals surface area contributed by atoms with Crippen molar-refractivity contribution in [3.63, 3.8) is 0 Å². The number of aryl methyl sites for hydroxylation is 1. The summed E-state index contributed by atoms with van der Waals surface area (Å²) in [5, 5.41) is 2.33. The zero-order valence-electron chi connectivity index (χ0n) is 17.7. The number of hydrogen-bond acceptors (Lipinski definition) is 2. The second-order valence-electron chi connectivity index (χ2n) is 8.06. The average molecular weight is 412 g/mol. The Bertz CT molecular complexity index is 1510. The Hall–Kier alpha value is -4.24. The molecule has 0 N–H and O–H groups in total. The van der Waals surface area contributed by atoms with Gasteiger partial charge in [-0.1, -0.05) is 72.3 Å². The minimum atomic E-state index is 0.868. The van der Waals surface area contributed by atoms with Crippen molar-refractivity contribution in [2.24, 2.45) is 0 Å². The lowest BCUT2D eigenvalue weighted by molar-refractivity contribution is 1.06. The Kier molecular flexibility index (Phi) is 4.32. The van der Waals surface area contributed by atoms with Crippen LogP contribution < -0.4 is 0 Å². The van der Waals surface area contributed by atoms with Gasteiger partial charge in [0.05, 0.1) is 11.2 Å². The van der Waals surface area contributed by atoms with Crippen LogP contribution in [0.3, 0.4) is 0 Å². The first-order valence-corrected chi connectivity index (χ1v) is 10.8. The molecule has 3 aromatic carbocycles. The SMILES string of the molecule is Cc1ccc2c(c1)c1cccnc1n2-c1cc(-c2ccccc2)cc(-c2ccccc2)n1. The third-order valence-corrected chi connectivity index (χ3v) is 5.90. The summed E-state index contributed by atoms with van der Waals surface area (Å²) in [4.78, 5) is 9.87. The predicted octanol–water partition coefficient (Wildman–Crippen LogP) is 7.22. The van der Waals surface area contributed by atoms with E-state index in [2.05, 4.69) is 96.4 Å². The molecule has 6 aromatic rings. The fourth-order valence-corrected chi connectivity index (χ4v) is 4.38. The molecule has 0 saturated carbocycles. The highest BCUT2D eigenvalue weighted by atomic mass is 15.1. The van der Waals surface area contributed by atoms with Crippen LogP contribution in [0.15, 0.2) is 109 Å². The highest BCUT2D eigenvalue weighted by Gasteiger charge is 2.16. The first-order chi connectivity index (χ1) is 15.8. The lowest BCUT2D eigenvalue weighted by Gasteiger charge is -2.12. The van der Waals surface area contributed by atoms with Crippen LogP contribution in [0.4, 0.5) is 0 Å². The van der Waals surface area contributed by atoms with Gasteiger partial charge >= 0.3 is 0 Å². The van der Waals surface area contributed by atoms with Gasteiger partial charge in [0.1, 0.15) is 11.5 Å². The highest BCUT2D eigenvalue weighted by Crippen LogP contribution is 2.33. The van der Waals surface area contributed by atoms with Crippen LogP contribution in [-0.4, -0.2) is 14.5 Å². The topological polar surface area (TPSA) is 30.7 Å². The summed E-state index contributed by atoms with van der Waals surface area (Å²) < 4.78 is 2.18. The molecule has 6 rings (SSSR count). The summed E-state index contributed by atoms with van der Waals surface area (Å²) in [6.07, 6.45) is 1.85. The van der Waals surface area contributed by atoms with Crippen molar-refractivity contribution >= 4 is 21.9 Å². The van der Waals surface area contributed by atoms with Gasteiger partial charge in [-0.2, -0.15) is 0 Å². The molecule has 0 atom stereocenters. The maximum absolute atomic E-state index is 5.12. The molecule has 0 fully saturated rings. The van der Waals surface area contributed by atoms with E-state index in [0.29, 0.717) is 0 Å². The Balaban J connectivity index is 1.70. The summed E-state index contributed by atoms with van der Waals surface area (Å²) >= 11 is 0. The fraction of sp³-hybridized carbons (Fsp3) is 0.0345. The van der Waals surface area contributed by atoms with E-state index < -0.39 is 0 Å². The van der Waals surface area contributed by atoms with Crippen molar-refractivity contribution in [1.29, 1.82) is 0 Å². The fourth-order valence-electron chi connectivity index (χ4n) is 4.38. The van der Waals surface area contributed by atoms with Gasteiger partial charge in [0.2, 0.25) is 0 Å². The maximum atomic E-state index is 5.12. The van der Waals surface area contributed by atoms with Gasteiger partial charge in [0, 0.05) is 22.5 Å². The molecule has 0 aliphatic carbocycles. The summed E-state index contributed by atoms with van der Waals surface area (Å²) in [7, 11) is 0. The molecule has 0 spiro atoms. The van der Waals surface area contributed by atoms with E-state index in [-0.39, 0.29) is 0 Å². The van der Waals surface area contributed by atoms with Gasteiger partial charge in [-0.05, 0) is 54.4 Å². The van der Waals surface area contributed by atoms with Crippen molar-refractivity contribution < 1.29 is 0 Å². The van der Waals surface area contributed by atoms with Crippen LogP contribution in [0.25, 0.3) is 50.1 Å². The Morgan fingerprint density at radius 2 is 1.38 bits per heavy atom. The van der Waals surface area contributed by atoms with Crippen molar-refractivity contribution in [3.05, 3.63) is 115 Å². The molecule has 0 amide bonds. The third kappa shape index (κ3) is 3.07. The monoisotopic (exact) mass is 411 g/mol. The quantitative estimate of drug-likeness (QED) is 0.308. The minimum absolute atomic E-state index is 0.868. The van der Waals surface area contributed by atoms with Crippen LogP contribution in [0.2, 0.25) is 0 Å². The maximum Gasteiger partial charge on any atom is 0.146 e. The van der Waals surface area contributed by atoms with Crippen molar-refractivity contribution in [3.8, 4) is 28.2 Å². The first kappa shape index (κ1) is 18.5. The van der Waals surface area contributed by atoms with Gasteiger partial charge in [-0.3, -0.25) is 4.57 Å². The van der Waals surface area contributed by atoms with E-state index >= 15 is 0 Å². The number of fused-ring (bicyclic) bond motifs is 3. The molecule has 3 nitrogen and oxygen atoms in total. The number of rotatable bonds is 3. The molecular weight excluding hydrogens is 390 g/mol. The number of benzene rings is 3. The van der Waals surface area contributed by atoms with E-state index in [1.165, 1.54) is 10.9 Å². The zero-order valence-corrected chi connectivity index (χ0v) is 17.7. The van der Waals surface area contributed by atoms with Crippen LogP contribution >= 0.6 is 0 Å². The van der Waals surface area contributed by atoms with E-state index in [9.17, 15) is 0 Å². The smallest absolute Gasteiger partial charge is 0.146 e. The molecule has 3 aromatic heterocycles. The minimum Gasteiger partial charge on any atom is -0.278 e. The molecule has 32 heavy (non-hydrogen) atoms. The van der Waals surface area contributed by atoms with Gasteiger partial charge in [0.25, 0.3) is 0 Å². The molecule has 3 heteroatoms. The predicted molar refractivity (Wildman–Crippen MR) is 132 cm³/mol. The number of aromatic nitrogens is 3. The summed E-state index contributed by atoms with van der Waals surface area (Å²) in [5.41, 5.74) is 7.60. The second kappa shape index (κ2) is 7.47.